The minimum absolute atomic E-state index is 0.0786. The Hall–Kier alpha value is -3.15. The van der Waals surface area contributed by atoms with Crippen LogP contribution in [-0.2, 0) is 4.79 Å². The van der Waals surface area contributed by atoms with E-state index in [-0.39, 0.29) is 17.9 Å². The fourth-order valence-electron chi connectivity index (χ4n) is 3.08. The largest absolute Gasteiger partial charge is 0.346 e. The van der Waals surface area contributed by atoms with Gasteiger partial charge in [0.15, 0.2) is 0 Å². The standard InChI is InChI=1S/C21H23N3O3/c1-16(17-5-3-2-4-6-17)22-20(26)18-7-9-19(10-8-18)21(27)24-13-11-23(15-25)12-14-24/h2-10,15-16H,11-14H2,1H3,(H,22,26). The number of nitrogens with one attached hydrogen (secondary N) is 1. The lowest BCUT2D eigenvalue weighted by Gasteiger charge is -2.32. The molecular formula is C21H23N3O3. The van der Waals surface area contributed by atoms with Crippen molar-refractivity contribution in [3.63, 3.8) is 0 Å². The molecule has 6 nitrogen and oxygen atoms in total. The van der Waals surface area contributed by atoms with E-state index in [1.165, 1.54) is 0 Å². The summed E-state index contributed by atoms with van der Waals surface area (Å²) in [5, 5.41) is 2.96. The molecule has 0 radical (unpaired) electrons. The SMILES string of the molecule is CC(NC(=O)c1ccc(C(=O)N2CCN(C=O)CC2)cc1)c1ccccc1. The van der Waals surface area contributed by atoms with E-state index < -0.39 is 0 Å². The molecule has 1 aliphatic rings. The Morgan fingerprint density at radius 1 is 0.926 bits per heavy atom. The number of hydrogen-bond donors (Lipinski definition) is 1. The summed E-state index contributed by atoms with van der Waals surface area (Å²) in [5.41, 5.74) is 2.09. The predicted octanol–water partition coefficient (Wildman–Crippen LogP) is 2.09. The maximum atomic E-state index is 12.6. The molecule has 3 amide bonds. The van der Waals surface area contributed by atoms with Crippen molar-refractivity contribution in [3.05, 3.63) is 71.3 Å². The van der Waals surface area contributed by atoms with E-state index in [4.69, 9.17) is 0 Å². The molecule has 1 atom stereocenters. The average molecular weight is 365 g/mol. The summed E-state index contributed by atoms with van der Waals surface area (Å²) >= 11 is 0. The lowest BCUT2D eigenvalue weighted by Crippen LogP contribution is -2.48. The van der Waals surface area contributed by atoms with E-state index >= 15 is 0 Å². The number of rotatable bonds is 5. The Bertz CT molecular complexity index is 797. The van der Waals surface area contributed by atoms with E-state index in [2.05, 4.69) is 5.32 Å². The molecule has 1 saturated heterocycles. The topological polar surface area (TPSA) is 69.7 Å². The Balaban J connectivity index is 1.60. The first-order chi connectivity index (χ1) is 13.1. The molecule has 27 heavy (non-hydrogen) atoms. The highest BCUT2D eigenvalue weighted by molar-refractivity contribution is 5.98. The van der Waals surface area contributed by atoms with Crippen LogP contribution in [-0.4, -0.2) is 54.2 Å². The molecule has 6 heteroatoms. The molecule has 3 rings (SSSR count). The van der Waals surface area contributed by atoms with Gasteiger partial charge in [0.25, 0.3) is 11.8 Å². The molecule has 1 heterocycles. The van der Waals surface area contributed by atoms with Gasteiger partial charge in [0.1, 0.15) is 0 Å². The van der Waals surface area contributed by atoms with Crippen LogP contribution >= 0.6 is 0 Å². The van der Waals surface area contributed by atoms with Crippen molar-refractivity contribution in [2.75, 3.05) is 26.2 Å². The fourth-order valence-corrected chi connectivity index (χ4v) is 3.08. The number of hydrogen-bond acceptors (Lipinski definition) is 3. The summed E-state index contributed by atoms with van der Waals surface area (Å²) in [4.78, 5) is 39.1. The van der Waals surface area contributed by atoms with Gasteiger partial charge in [-0.05, 0) is 36.8 Å². The van der Waals surface area contributed by atoms with Gasteiger partial charge in [0, 0.05) is 37.3 Å². The van der Waals surface area contributed by atoms with Crippen LogP contribution in [0.1, 0.15) is 39.2 Å². The van der Waals surface area contributed by atoms with Gasteiger partial charge in [-0.15, -0.1) is 0 Å². The Morgan fingerprint density at radius 2 is 1.52 bits per heavy atom. The van der Waals surface area contributed by atoms with Crippen molar-refractivity contribution in [3.8, 4) is 0 Å². The molecule has 2 aromatic carbocycles. The maximum absolute atomic E-state index is 12.6. The van der Waals surface area contributed by atoms with Gasteiger partial charge in [-0.2, -0.15) is 0 Å². The number of carbonyl (C=O) groups excluding carboxylic acids is 3. The number of nitrogens with zero attached hydrogens (tertiary/aromatic N) is 2. The first-order valence-corrected chi connectivity index (χ1v) is 9.03. The number of carbonyl (C=O) groups is 3. The molecule has 0 spiro atoms. The fraction of sp³-hybridized carbons (Fsp3) is 0.286. The van der Waals surface area contributed by atoms with Crippen LogP contribution < -0.4 is 5.32 Å². The molecule has 0 bridgehead atoms. The van der Waals surface area contributed by atoms with Gasteiger partial charge in [0.2, 0.25) is 6.41 Å². The lowest BCUT2D eigenvalue weighted by molar-refractivity contribution is -0.119. The van der Waals surface area contributed by atoms with Crippen molar-refractivity contribution in [2.24, 2.45) is 0 Å². The predicted molar refractivity (Wildman–Crippen MR) is 102 cm³/mol. The molecule has 1 fully saturated rings. The molecule has 0 aromatic heterocycles. The van der Waals surface area contributed by atoms with Gasteiger partial charge >= 0.3 is 0 Å². The molecule has 140 valence electrons. The summed E-state index contributed by atoms with van der Waals surface area (Å²) in [6.45, 7) is 4.08. The second-order valence-corrected chi connectivity index (χ2v) is 6.62. The summed E-state index contributed by atoms with van der Waals surface area (Å²) in [7, 11) is 0. The van der Waals surface area contributed by atoms with Crippen molar-refractivity contribution in [1.29, 1.82) is 0 Å². The van der Waals surface area contributed by atoms with Crippen molar-refractivity contribution in [2.45, 2.75) is 13.0 Å². The third kappa shape index (κ3) is 4.53. The monoisotopic (exact) mass is 365 g/mol. The Labute approximate surface area is 158 Å². The molecular weight excluding hydrogens is 342 g/mol. The van der Waals surface area contributed by atoms with Crippen molar-refractivity contribution < 1.29 is 14.4 Å². The molecule has 0 saturated carbocycles. The van der Waals surface area contributed by atoms with Crippen LogP contribution in [0.4, 0.5) is 0 Å². The van der Waals surface area contributed by atoms with Gasteiger partial charge in [-0.3, -0.25) is 14.4 Å². The first kappa shape index (κ1) is 18.6. The van der Waals surface area contributed by atoms with Crippen molar-refractivity contribution in [1.82, 2.24) is 15.1 Å². The van der Waals surface area contributed by atoms with E-state index in [0.717, 1.165) is 12.0 Å². The summed E-state index contributed by atoms with van der Waals surface area (Å²) in [6.07, 6.45) is 0.811. The highest BCUT2D eigenvalue weighted by atomic mass is 16.2. The summed E-state index contributed by atoms with van der Waals surface area (Å²) in [5.74, 6) is -0.255. The van der Waals surface area contributed by atoms with E-state index in [0.29, 0.717) is 37.3 Å². The maximum Gasteiger partial charge on any atom is 0.253 e. The van der Waals surface area contributed by atoms with Crippen LogP contribution in [0.5, 0.6) is 0 Å². The average Bonchev–Trinajstić information content (AvgIpc) is 2.74. The minimum Gasteiger partial charge on any atom is -0.346 e. The van der Waals surface area contributed by atoms with E-state index in [9.17, 15) is 14.4 Å². The number of piperazine rings is 1. The molecule has 1 aliphatic heterocycles. The Morgan fingerprint density at radius 3 is 2.11 bits per heavy atom. The van der Waals surface area contributed by atoms with Gasteiger partial charge in [-0.1, -0.05) is 30.3 Å². The quantitative estimate of drug-likeness (QED) is 0.825. The number of benzene rings is 2. The summed E-state index contributed by atoms with van der Waals surface area (Å²) in [6, 6.07) is 16.3. The normalized spacial score (nSPS) is 15.1. The van der Waals surface area contributed by atoms with Gasteiger partial charge in [-0.25, -0.2) is 0 Å². The zero-order valence-electron chi connectivity index (χ0n) is 15.3. The van der Waals surface area contributed by atoms with Gasteiger partial charge < -0.3 is 15.1 Å². The summed E-state index contributed by atoms with van der Waals surface area (Å²) < 4.78 is 0. The zero-order valence-corrected chi connectivity index (χ0v) is 15.3. The number of amides is 3. The van der Waals surface area contributed by atoms with E-state index in [1.54, 1.807) is 34.1 Å². The smallest absolute Gasteiger partial charge is 0.253 e. The lowest BCUT2D eigenvalue weighted by atomic mass is 10.1. The molecule has 2 aromatic rings. The molecule has 1 unspecified atom stereocenters. The second kappa shape index (κ2) is 8.49. The van der Waals surface area contributed by atoms with Crippen LogP contribution in [0.15, 0.2) is 54.6 Å². The van der Waals surface area contributed by atoms with Crippen LogP contribution in [0, 0.1) is 0 Å². The van der Waals surface area contributed by atoms with Crippen LogP contribution in [0.3, 0.4) is 0 Å². The highest BCUT2D eigenvalue weighted by Crippen LogP contribution is 2.14. The van der Waals surface area contributed by atoms with Crippen LogP contribution in [0.25, 0.3) is 0 Å². The first-order valence-electron chi connectivity index (χ1n) is 9.03. The van der Waals surface area contributed by atoms with E-state index in [1.807, 2.05) is 37.3 Å². The third-order valence-electron chi connectivity index (χ3n) is 4.79. The Kier molecular flexibility index (Phi) is 5.86. The zero-order chi connectivity index (χ0) is 19.2. The van der Waals surface area contributed by atoms with Crippen molar-refractivity contribution >= 4 is 18.2 Å². The highest BCUT2D eigenvalue weighted by Gasteiger charge is 2.21. The minimum atomic E-state index is -0.176. The van der Waals surface area contributed by atoms with Crippen LogP contribution in [0.2, 0.25) is 0 Å². The van der Waals surface area contributed by atoms with Gasteiger partial charge in [0.05, 0.1) is 6.04 Å². The molecule has 1 N–H and O–H groups in total. The second-order valence-electron chi connectivity index (χ2n) is 6.62. The molecule has 0 aliphatic carbocycles. The third-order valence-corrected chi connectivity index (χ3v) is 4.79.